The predicted molar refractivity (Wildman–Crippen MR) is 95.9 cm³/mol. The Kier molecular flexibility index (Phi) is 6.57. The maximum absolute atomic E-state index is 8.81. The van der Waals surface area contributed by atoms with Gasteiger partial charge in [-0.05, 0) is 43.4 Å². The molecule has 2 rings (SSSR count). The fraction of sp³-hybridized carbons (Fsp3) is 0.294. The van der Waals surface area contributed by atoms with Gasteiger partial charge in [-0.1, -0.05) is 29.8 Å². The van der Waals surface area contributed by atoms with Crippen LogP contribution in [0.4, 0.5) is 11.4 Å². The van der Waals surface area contributed by atoms with E-state index in [0.29, 0.717) is 10.7 Å². The van der Waals surface area contributed by atoms with Crippen molar-refractivity contribution in [3.63, 3.8) is 0 Å². The number of halogens is 1. The molecule has 2 aromatic rings. The standard InChI is InChI=1S/C17H19ClN3S/c1-2-21(14-9-10-17(20-19)16(18)13-14)11-6-12-22-15-7-4-3-5-8-15/h3-5,7-10,13H,2,6,11-12H2,1H3/q+1. The Morgan fingerprint density at radius 3 is 2.59 bits per heavy atom. The molecule has 0 atom stereocenters. The normalized spacial score (nSPS) is 10.2. The fourth-order valence-corrected chi connectivity index (χ4v) is 3.28. The molecule has 3 nitrogen and oxygen atoms in total. The van der Waals surface area contributed by atoms with Gasteiger partial charge in [0, 0.05) is 29.7 Å². The van der Waals surface area contributed by atoms with Crippen LogP contribution in [-0.2, 0) is 0 Å². The Hall–Kier alpha value is -1.70. The van der Waals surface area contributed by atoms with E-state index in [4.69, 9.17) is 17.0 Å². The van der Waals surface area contributed by atoms with Gasteiger partial charge in [0.1, 0.15) is 5.02 Å². The number of nitrogens with zero attached hydrogens (tertiary/aromatic N) is 3. The van der Waals surface area contributed by atoms with E-state index in [1.54, 1.807) is 6.07 Å². The van der Waals surface area contributed by atoms with Gasteiger partial charge in [0.25, 0.3) is 0 Å². The van der Waals surface area contributed by atoms with Crippen LogP contribution in [0.15, 0.2) is 53.4 Å². The minimum absolute atomic E-state index is 0.404. The molecule has 5 heteroatoms. The van der Waals surface area contributed by atoms with Gasteiger partial charge in [0.15, 0.2) is 4.98 Å². The highest BCUT2D eigenvalue weighted by Crippen LogP contribution is 2.29. The van der Waals surface area contributed by atoms with Crippen LogP contribution in [0.3, 0.4) is 0 Å². The Morgan fingerprint density at radius 2 is 1.95 bits per heavy atom. The molecular formula is C17H19ClN3S+. The zero-order valence-electron chi connectivity index (χ0n) is 12.6. The maximum atomic E-state index is 8.81. The predicted octanol–water partition coefficient (Wildman–Crippen LogP) is 5.83. The highest BCUT2D eigenvalue weighted by molar-refractivity contribution is 7.99. The second-order valence-corrected chi connectivity index (χ2v) is 6.41. The Labute approximate surface area is 140 Å². The van der Waals surface area contributed by atoms with E-state index in [0.717, 1.165) is 31.0 Å². The van der Waals surface area contributed by atoms with Gasteiger partial charge in [-0.3, -0.25) is 0 Å². The first-order chi connectivity index (χ1) is 10.7. The van der Waals surface area contributed by atoms with Gasteiger partial charge in [0.2, 0.25) is 5.39 Å². The highest BCUT2D eigenvalue weighted by Gasteiger charge is 2.14. The number of benzene rings is 2. The summed E-state index contributed by atoms with van der Waals surface area (Å²) >= 11 is 7.96. The Bertz CT molecular complexity index is 640. The molecule has 0 heterocycles. The van der Waals surface area contributed by atoms with E-state index in [1.807, 2.05) is 30.0 Å². The summed E-state index contributed by atoms with van der Waals surface area (Å²) in [4.78, 5) is 6.74. The molecule has 0 aliphatic heterocycles. The van der Waals surface area contributed by atoms with Crippen molar-refractivity contribution in [2.24, 2.45) is 0 Å². The largest absolute Gasteiger partial charge is 0.403 e. The molecular weight excluding hydrogens is 314 g/mol. The van der Waals surface area contributed by atoms with Crippen LogP contribution in [0.5, 0.6) is 0 Å². The lowest BCUT2D eigenvalue weighted by atomic mass is 10.2. The second-order valence-electron chi connectivity index (χ2n) is 4.83. The molecule has 0 bridgehead atoms. The lowest BCUT2D eigenvalue weighted by Gasteiger charge is -2.22. The molecule has 0 saturated heterocycles. The van der Waals surface area contributed by atoms with Crippen molar-refractivity contribution in [2.45, 2.75) is 18.2 Å². The van der Waals surface area contributed by atoms with Crippen LogP contribution in [0, 0.1) is 5.39 Å². The third kappa shape index (κ3) is 4.66. The minimum atomic E-state index is 0.404. The van der Waals surface area contributed by atoms with Crippen LogP contribution < -0.4 is 4.90 Å². The monoisotopic (exact) mass is 332 g/mol. The second kappa shape index (κ2) is 8.67. The van der Waals surface area contributed by atoms with E-state index in [9.17, 15) is 0 Å². The molecule has 2 aromatic carbocycles. The van der Waals surface area contributed by atoms with Crippen LogP contribution >= 0.6 is 23.4 Å². The fourth-order valence-electron chi connectivity index (χ4n) is 2.21. The van der Waals surface area contributed by atoms with Crippen molar-refractivity contribution in [2.75, 3.05) is 23.7 Å². The number of rotatable bonds is 7. The molecule has 22 heavy (non-hydrogen) atoms. The first-order valence-electron chi connectivity index (χ1n) is 7.32. The van der Waals surface area contributed by atoms with E-state index < -0.39 is 0 Å². The molecule has 0 spiro atoms. The van der Waals surface area contributed by atoms with Gasteiger partial charge in [-0.15, -0.1) is 11.8 Å². The first-order valence-corrected chi connectivity index (χ1v) is 8.68. The molecule has 0 radical (unpaired) electrons. The molecule has 0 aliphatic carbocycles. The van der Waals surface area contributed by atoms with Gasteiger partial charge >= 0.3 is 5.69 Å². The smallest absolute Gasteiger partial charge is 0.372 e. The summed E-state index contributed by atoms with van der Waals surface area (Å²) in [6, 6.07) is 16.0. The number of hydrogen-bond donors (Lipinski definition) is 0. The summed E-state index contributed by atoms with van der Waals surface area (Å²) < 4.78 is 0. The number of thioether (sulfide) groups is 1. The van der Waals surface area contributed by atoms with Crippen LogP contribution in [0.1, 0.15) is 13.3 Å². The third-order valence-electron chi connectivity index (χ3n) is 3.37. The maximum Gasteiger partial charge on any atom is 0.403 e. The van der Waals surface area contributed by atoms with Crippen molar-refractivity contribution < 1.29 is 0 Å². The summed E-state index contributed by atoms with van der Waals surface area (Å²) in [5, 5.41) is 9.28. The minimum Gasteiger partial charge on any atom is -0.372 e. The number of diazo groups is 1. The molecule has 0 N–H and O–H groups in total. The van der Waals surface area contributed by atoms with Gasteiger partial charge in [0.05, 0.1) is 0 Å². The molecule has 0 aromatic heterocycles. The molecule has 0 aliphatic rings. The van der Waals surface area contributed by atoms with Gasteiger partial charge in [-0.2, -0.15) is 0 Å². The Balaban J connectivity index is 1.87. The van der Waals surface area contributed by atoms with Crippen molar-refractivity contribution in [1.29, 1.82) is 5.39 Å². The average Bonchev–Trinajstić information content (AvgIpc) is 2.56. The van der Waals surface area contributed by atoms with E-state index in [1.165, 1.54) is 4.90 Å². The summed E-state index contributed by atoms with van der Waals surface area (Å²) in [7, 11) is 0. The lowest BCUT2D eigenvalue weighted by Crippen LogP contribution is -2.24. The third-order valence-corrected chi connectivity index (χ3v) is 4.77. The first kappa shape index (κ1) is 16.7. The van der Waals surface area contributed by atoms with Crippen molar-refractivity contribution in [1.82, 2.24) is 0 Å². The Morgan fingerprint density at radius 1 is 1.18 bits per heavy atom. The van der Waals surface area contributed by atoms with Crippen molar-refractivity contribution in [3.05, 3.63) is 58.5 Å². The van der Waals surface area contributed by atoms with Crippen molar-refractivity contribution in [3.8, 4) is 0 Å². The summed E-state index contributed by atoms with van der Waals surface area (Å²) in [6.07, 6.45) is 1.09. The van der Waals surface area contributed by atoms with Gasteiger partial charge < -0.3 is 4.90 Å². The molecule has 0 amide bonds. The van der Waals surface area contributed by atoms with Crippen LogP contribution in [-0.4, -0.2) is 18.8 Å². The summed E-state index contributed by atoms with van der Waals surface area (Å²) in [6.45, 7) is 4.02. The highest BCUT2D eigenvalue weighted by atomic mass is 35.5. The molecule has 0 saturated carbocycles. The zero-order chi connectivity index (χ0) is 15.8. The molecule has 0 fully saturated rings. The SMILES string of the molecule is CCN(CCCSc1ccccc1)c1ccc([N+]#N)c(Cl)c1. The van der Waals surface area contributed by atoms with Gasteiger partial charge in [-0.25, -0.2) is 0 Å². The number of anilines is 1. The van der Waals surface area contributed by atoms with E-state index >= 15 is 0 Å². The van der Waals surface area contributed by atoms with Crippen molar-refractivity contribution >= 4 is 34.7 Å². The molecule has 114 valence electrons. The zero-order valence-corrected chi connectivity index (χ0v) is 14.1. The van der Waals surface area contributed by atoms with Crippen LogP contribution in [0.2, 0.25) is 5.02 Å². The topological polar surface area (TPSA) is 31.4 Å². The number of hydrogen-bond acceptors (Lipinski definition) is 3. The summed E-state index contributed by atoms with van der Waals surface area (Å²) in [5.74, 6) is 1.08. The lowest BCUT2D eigenvalue weighted by molar-refractivity contribution is 0.797. The summed E-state index contributed by atoms with van der Waals surface area (Å²) in [5.41, 5.74) is 1.46. The quantitative estimate of drug-likeness (QED) is 0.363. The van der Waals surface area contributed by atoms with E-state index in [-0.39, 0.29) is 0 Å². The molecule has 0 unspecified atom stereocenters. The van der Waals surface area contributed by atoms with Crippen LogP contribution in [0.25, 0.3) is 4.98 Å². The van der Waals surface area contributed by atoms with E-state index in [2.05, 4.69) is 41.1 Å². The average molecular weight is 333 g/mol.